The molecule has 0 amide bonds. The van der Waals surface area contributed by atoms with Crippen molar-refractivity contribution in [2.45, 2.75) is 13.8 Å². The zero-order chi connectivity index (χ0) is 19.3. The van der Waals surface area contributed by atoms with E-state index in [1.165, 1.54) is 12.1 Å². The minimum atomic E-state index is -3.60. The molecule has 2 aromatic carbocycles. The molecule has 0 saturated carbocycles. The molecule has 0 aliphatic rings. The third kappa shape index (κ3) is 5.09. The van der Waals surface area contributed by atoms with E-state index in [4.69, 9.17) is 0 Å². The molecule has 0 bridgehead atoms. The summed E-state index contributed by atoms with van der Waals surface area (Å²) in [6.07, 6.45) is 0.945. The molecule has 0 unspecified atom stereocenters. The van der Waals surface area contributed by atoms with Gasteiger partial charge in [-0.25, -0.2) is 8.42 Å². The number of nitro groups is 1. The summed E-state index contributed by atoms with van der Waals surface area (Å²) in [5.74, 6) is 0. The van der Waals surface area contributed by atoms with Crippen LogP contribution in [0.15, 0.2) is 42.5 Å². The van der Waals surface area contributed by atoms with Gasteiger partial charge in [0.15, 0.2) is 0 Å². The highest BCUT2D eigenvalue weighted by atomic mass is 32.2. The van der Waals surface area contributed by atoms with E-state index in [0.717, 1.165) is 30.7 Å². The molecule has 26 heavy (non-hydrogen) atoms. The molecule has 0 heterocycles. The molecular formula is C17H22N4O4S. The van der Waals surface area contributed by atoms with Gasteiger partial charge in [0.2, 0.25) is 10.0 Å². The first kappa shape index (κ1) is 19.5. The van der Waals surface area contributed by atoms with Gasteiger partial charge in [-0.3, -0.25) is 14.8 Å². The summed E-state index contributed by atoms with van der Waals surface area (Å²) in [4.78, 5) is 12.8. The van der Waals surface area contributed by atoms with Crippen molar-refractivity contribution in [2.75, 3.05) is 34.3 Å². The van der Waals surface area contributed by atoms with Crippen LogP contribution in [0, 0.1) is 10.1 Å². The first-order valence-corrected chi connectivity index (χ1v) is 10.0. The predicted molar refractivity (Wildman–Crippen MR) is 105 cm³/mol. The standard InChI is InChI=1S/C17H22N4O4S/c1-4-20(5-2)15-9-6-13(7-10-15)18-14-8-11-16(19-26(3,24)25)17(12-14)21(22)23/h6-12,18-19H,4-5H2,1-3H3. The van der Waals surface area contributed by atoms with Gasteiger partial charge in [0.1, 0.15) is 5.69 Å². The minimum absolute atomic E-state index is 0.0695. The number of rotatable bonds is 8. The second-order valence-corrected chi connectivity index (χ2v) is 7.46. The summed E-state index contributed by atoms with van der Waals surface area (Å²) in [7, 11) is -3.60. The van der Waals surface area contributed by atoms with E-state index < -0.39 is 14.9 Å². The zero-order valence-corrected chi connectivity index (χ0v) is 15.7. The van der Waals surface area contributed by atoms with Crippen LogP contribution < -0.4 is 14.9 Å². The van der Waals surface area contributed by atoms with Crippen LogP contribution in [-0.2, 0) is 10.0 Å². The highest BCUT2D eigenvalue weighted by Crippen LogP contribution is 2.30. The summed E-state index contributed by atoms with van der Waals surface area (Å²) in [5, 5.41) is 14.3. The number of nitrogens with zero attached hydrogens (tertiary/aromatic N) is 2. The summed E-state index contributed by atoms with van der Waals surface area (Å²) in [6, 6.07) is 12.0. The average Bonchev–Trinajstić information content (AvgIpc) is 2.57. The Morgan fingerprint density at radius 1 is 1.04 bits per heavy atom. The lowest BCUT2D eigenvalue weighted by Crippen LogP contribution is -2.21. The van der Waals surface area contributed by atoms with Crippen LogP contribution in [-0.4, -0.2) is 32.7 Å². The first-order valence-electron chi connectivity index (χ1n) is 8.11. The fraction of sp³-hybridized carbons (Fsp3) is 0.294. The fourth-order valence-electron chi connectivity index (χ4n) is 2.56. The first-order chi connectivity index (χ1) is 12.2. The molecule has 0 atom stereocenters. The van der Waals surface area contributed by atoms with Crippen LogP contribution in [0.2, 0.25) is 0 Å². The van der Waals surface area contributed by atoms with Crippen LogP contribution in [0.3, 0.4) is 0 Å². The van der Waals surface area contributed by atoms with Crippen molar-refractivity contribution < 1.29 is 13.3 Å². The number of hydrogen-bond acceptors (Lipinski definition) is 6. The normalized spacial score (nSPS) is 11.0. The van der Waals surface area contributed by atoms with Crippen molar-refractivity contribution in [1.82, 2.24) is 0 Å². The van der Waals surface area contributed by atoms with Gasteiger partial charge in [0.05, 0.1) is 11.2 Å². The van der Waals surface area contributed by atoms with Crippen molar-refractivity contribution in [1.29, 1.82) is 0 Å². The summed E-state index contributed by atoms with van der Waals surface area (Å²) in [6.45, 7) is 5.98. The summed E-state index contributed by atoms with van der Waals surface area (Å²) in [5.41, 5.74) is 1.98. The maximum atomic E-state index is 11.3. The van der Waals surface area contributed by atoms with Gasteiger partial charge in [0.25, 0.3) is 5.69 Å². The van der Waals surface area contributed by atoms with Crippen molar-refractivity contribution in [3.05, 3.63) is 52.6 Å². The Morgan fingerprint density at radius 2 is 1.62 bits per heavy atom. The quantitative estimate of drug-likeness (QED) is 0.538. The Hall–Kier alpha value is -2.81. The molecular weight excluding hydrogens is 356 g/mol. The van der Waals surface area contributed by atoms with Gasteiger partial charge in [-0.1, -0.05) is 0 Å². The highest BCUT2D eigenvalue weighted by Gasteiger charge is 2.17. The van der Waals surface area contributed by atoms with Crippen molar-refractivity contribution in [2.24, 2.45) is 0 Å². The lowest BCUT2D eigenvalue weighted by molar-refractivity contribution is -0.383. The number of anilines is 4. The summed E-state index contributed by atoms with van der Waals surface area (Å²) >= 11 is 0. The second-order valence-electron chi connectivity index (χ2n) is 5.71. The zero-order valence-electron chi connectivity index (χ0n) is 14.9. The Bertz CT molecular complexity index is 878. The molecule has 9 heteroatoms. The highest BCUT2D eigenvalue weighted by molar-refractivity contribution is 7.92. The maximum absolute atomic E-state index is 11.3. The predicted octanol–water partition coefficient (Wildman–Crippen LogP) is 3.56. The number of nitro benzene ring substituents is 1. The molecule has 8 nitrogen and oxygen atoms in total. The Kier molecular flexibility index (Phi) is 6.04. The van der Waals surface area contributed by atoms with E-state index >= 15 is 0 Å². The molecule has 0 saturated heterocycles. The summed E-state index contributed by atoms with van der Waals surface area (Å²) < 4.78 is 24.8. The molecule has 2 N–H and O–H groups in total. The minimum Gasteiger partial charge on any atom is -0.372 e. The van der Waals surface area contributed by atoms with Gasteiger partial charge in [-0.2, -0.15) is 0 Å². The Morgan fingerprint density at radius 3 is 2.12 bits per heavy atom. The Labute approximate surface area is 153 Å². The average molecular weight is 378 g/mol. The van der Waals surface area contributed by atoms with Crippen molar-refractivity contribution in [3.63, 3.8) is 0 Å². The van der Waals surface area contributed by atoms with Gasteiger partial charge in [-0.15, -0.1) is 0 Å². The van der Waals surface area contributed by atoms with Crippen LogP contribution in [0.4, 0.5) is 28.4 Å². The lowest BCUT2D eigenvalue weighted by atomic mass is 10.2. The molecule has 2 aromatic rings. The largest absolute Gasteiger partial charge is 0.372 e. The van der Waals surface area contributed by atoms with Gasteiger partial charge >= 0.3 is 0 Å². The topological polar surface area (TPSA) is 105 Å². The van der Waals surface area contributed by atoms with Gasteiger partial charge < -0.3 is 10.2 Å². The number of nitrogens with one attached hydrogen (secondary N) is 2. The van der Waals surface area contributed by atoms with Gasteiger partial charge in [0, 0.05) is 36.2 Å². The van der Waals surface area contributed by atoms with E-state index in [-0.39, 0.29) is 11.4 Å². The van der Waals surface area contributed by atoms with Gasteiger partial charge in [-0.05, 0) is 50.2 Å². The SMILES string of the molecule is CCN(CC)c1ccc(Nc2ccc(NS(C)(=O)=O)c([N+](=O)[O-])c2)cc1. The van der Waals surface area contributed by atoms with E-state index in [1.807, 2.05) is 24.3 Å². The van der Waals surface area contributed by atoms with Crippen LogP contribution >= 0.6 is 0 Å². The number of benzene rings is 2. The van der Waals surface area contributed by atoms with Crippen LogP contribution in [0.25, 0.3) is 0 Å². The van der Waals surface area contributed by atoms with E-state index in [9.17, 15) is 18.5 Å². The van der Waals surface area contributed by atoms with E-state index in [1.54, 1.807) is 6.07 Å². The number of sulfonamides is 1. The van der Waals surface area contributed by atoms with E-state index in [2.05, 4.69) is 28.8 Å². The fourth-order valence-corrected chi connectivity index (χ4v) is 3.13. The monoisotopic (exact) mass is 378 g/mol. The lowest BCUT2D eigenvalue weighted by Gasteiger charge is -2.21. The molecule has 0 aromatic heterocycles. The third-order valence-electron chi connectivity index (χ3n) is 3.77. The third-order valence-corrected chi connectivity index (χ3v) is 4.37. The van der Waals surface area contributed by atoms with Crippen LogP contribution in [0.1, 0.15) is 13.8 Å². The maximum Gasteiger partial charge on any atom is 0.295 e. The number of hydrogen-bond donors (Lipinski definition) is 2. The molecule has 0 fully saturated rings. The molecule has 0 aliphatic carbocycles. The van der Waals surface area contributed by atoms with Crippen molar-refractivity contribution >= 4 is 38.5 Å². The van der Waals surface area contributed by atoms with Crippen LogP contribution in [0.5, 0.6) is 0 Å². The Balaban J connectivity index is 2.24. The smallest absolute Gasteiger partial charge is 0.295 e. The molecule has 0 aliphatic heterocycles. The molecule has 0 spiro atoms. The molecule has 0 radical (unpaired) electrons. The second kappa shape index (κ2) is 8.05. The van der Waals surface area contributed by atoms with E-state index in [0.29, 0.717) is 5.69 Å². The molecule has 2 rings (SSSR count). The van der Waals surface area contributed by atoms with Crippen molar-refractivity contribution in [3.8, 4) is 0 Å². The molecule has 140 valence electrons.